The molecule has 0 N–H and O–H groups in total. The number of carbonyl (C=O) groups is 1. The lowest BCUT2D eigenvalue weighted by Gasteiger charge is -2.15. The average molecular weight is 265 g/mol. The van der Waals surface area contributed by atoms with Crippen LogP contribution in [0, 0.1) is 0 Å². The molecule has 2 aromatic rings. The van der Waals surface area contributed by atoms with E-state index in [9.17, 15) is 4.79 Å². The maximum absolute atomic E-state index is 12.2. The van der Waals surface area contributed by atoms with Crippen LogP contribution in [0.15, 0.2) is 66.7 Å². The number of likely N-dealkylation sites (N-methyl/N-ethyl adjacent to an activating group) is 1. The zero-order valence-electron chi connectivity index (χ0n) is 11.9. The molecule has 0 unspecified atom stereocenters. The van der Waals surface area contributed by atoms with Crippen molar-refractivity contribution in [1.82, 2.24) is 4.90 Å². The number of nitrogens with zero attached hydrogens (tertiary/aromatic N) is 1. The lowest BCUT2D eigenvalue weighted by Crippen LogP contribution is -2.24. The Kier molecular flexibility index (Phi) is 4.72. The molecule has 0 radical (unpaired) electrons. The van der Waals surface area contributed by atoms with Crippen molar-refractivity contribution in [3.05, 3.63) is 77.9 Å². The van der Waals surface area contributed by atoms with Crippen LogP contribution in [0.3, 0.4) is 0 Å². The number of hydrogen-bond acceptors (Lipinski definition) is 1. The number of carbonyl (C=O) groups excluding carboxylic acids is 1. The summed E-state index contributed by atoms with van der Waals surface area (Å²) in [5.41, 5.74) is 3.19. The van der Waals surface area contributed by atoms with Crippen LogP contribution in [0.25, 0.3) is 5.57 Å². The van der Waals surface area contributed by atoms with E-state index in [4.69, 9.17) is 0 Å². The number of benzene rings is 2. The van der Waals surface area contributed by atoms with Crippen LogP contribution in [-0.2, 0) is 11.3 Å². The summed E-state index contributed by atoms with van der Waals surface area (Å²) in [4.78, 5) is 13.9. The first-order chi connectivity index (χ1) is 9.66. The largest absolute Gasteiger partial charge is 0.338 e. The Balaban J connectivity index is 2.04. The molecule has 0 bridgehead atoms. The fourth-order valence-electron chi connectivity index (χ4n) is 2.01. The second-order valence-corrected chi connectivity index (χ2v) is 4.87. The van der Waals surface area contributed by atoms with E-state index in [1.807, 2.05) is 74.6 Å². The zero-order chi connectivity index (χ0) is 14.4. The topological polar surface area (TPSA) is 20.3 Å². The van der Waals surface area contributed by atoms with Gasteiger partial charge in [0.15, 0.2) is 0 Å². The van der Waals surface area contributed by atoms with Crippen LogP contribution < -0.4 is 0 Å². The summed E-state index contributed by atoms with van der Waals surface area (Å²) in [5, 5.41) is 0. The van der Waals surface area contributed by atoms with Gasteiger partial charge in [0.05, 0.1) is 0 Å². The molecular weight excluding hydrogens is 246 g/mol. The maximum Gasteiger partial charge on any atom is 0.246 e. The Bertz CT molecular complexity index is 587. The molecule has 20 heavy (non-hydrogen) atoms. The number of amides is 1. The van der Waals surface area contributed by atoms with Gasteiger partial charge in [0.1, 0.15) is 0 Å². The van der Waals surface area contributed by atoms with E-state index in [1.54, 1.807) is 11.0 Å². The molecule has 102 valence electrons. The fourth-order valence-corrected chi connectivity index (χ4v) is 2.01. The molecule has 0 heterocycles. The minimum absolute atomic E-state index is 0.0233. The van der Waals surface area contributed by atoms with E-state index in [-0.39, 0.29) is 5.91 Å². The molecule has 0 aliphatic carbocycles. The minimum atomic E-state index is 0.0233. The van der Waals surface area contributed by atoms with E-state index in [0.29, 0.717) is 6.54 Å². The van der Waals surface area contributed by atoms with Crippen LogP contribution in [0.5, 0.6) is 0 Å². The third kappa shape index (κ3) is 3.82. The summed E-state index contributed by atoms with van der Waals surface area (Å²) < 4.78 is 0. The zero-order valence-corrected chi connectivity index (χ0v) is 11.9. The summed E-state index contributed by atoms with van der Waals surface area (Å²) in [5.74, 6) is 0.0233. The molecule has 2 nitrogen and oxygen atoms in total. The highest BCUT2D eigenvalue weighted by Gasteiger charge is 2.07. The summed E-state index contributed by atoms with van der Waals surface area (Å²) in [6.07, 6.45) is 1.69. The number of hydrogen-bond donors (Lipinski definition) is 0. The summed E-state index contributed by atoms with van der Waals surface area (Å²) in [7, 11) is 1.82. The molecule has 0 atom stereocenters. The second-order valence-electron chi connectivity index (χ2n) is 4.87. The van der Waals surface area contributed by atoms with E-state index in [1.165, 1.54) is 0 Å². The van der Waals surface area contributed by atoms with Crippen molar-refractivity contribution in [2.45, 2.75) is 13.5 Å². The molecule has 2 heteroatoms. The third-order valence-corrected chi connectivity index (χ3v) is 3.21. The molecule has 0 aliphatic rings. The van der Waals surface area contributed by atoms with Gasteiger partial charge in [0.25, 0.3) is 0 Å². The average Bonchev–Trinajstić information content (AvgIpc) is 2.49. The SMILES string of the molecule is C/C(=C\C(=O)N(C)Cc1ccccc1)c1ccccc1. The van der Waals surface area contributed by atoms with Gasteiger partial charge in [0.2, 0.25) is 5.91 Å². The maximum atomic E-state index is 12.2. The Hall–Kier alpha value is -2.35. The molecule has 0 saturated heterocycles. The Morgan fingerprint density at radius 1 is 1.00 bits per heavy atom. The van der Waals surface area contributed by atoms with Gasteiger partial charge in [-0.25, -0.2) is 0 Å². The van der Waals surface area contributed by atoms with Gasteiger partial charge in [-0.1, -0.05) is 60.7 Å². The smallest absolute Gasteiger partial charge is 0.246 e. The van der Waals surface area contributed by atoms with E-state index < -0.39 is 0 Å². The van der Waals surface area contributed by atoms with Gasteiger partial charge in [-0.05, 0) is 23.6 Å². The van der Waals surface area contributed by atoms with Crippen molar-refractivity contribution >= 4 is 11.5 Å². The highest BCUT2D eigenvalue weighted by atomic mass is 16.2. The van der Waals surface area contributed by atoms with Crippen LogP contribution in [0.2, 0.25) is 0 Å². The van der Waals surface area contributed by atoms with Gasteiger partial charge in [-0.3, -0.25) is 4.79 Å². The Morgan fingerprint density at radius 2 is 1.55 bits per heavy atom. The molecule has 0 aliphatic heterocycles. The first-order valence-electron chi connectivity index (χ1n) is 6.69. The van der Waals surface area contributed by atoms with E-state index >= 15 is 0 Å². The van der Waals surface area contributed by atoms with Crippen molar-refractivity contribution in [2.24, 2.45) is 0 Å². The first-order valence-corrected chi connectivity index (χ1v) is 6.69. The lowest BCUT2D eigenvalue weighted by molar-refractivity contribution is -0.125. The molecule has 2 aromatic carbocycles. The summed E-state index contributed by atoms with van der Waals surface area (Å²) >= 11 is 0. The second kappa shape index (κ2) is 6.71. The van der Waals surface area contributed by atoms with E-state index in [2.05, 4.69) is 0 Å². The molecule has 2 rings (SSSR count). The van der Waals surface area contributed by atoms with Crippen molar-refractivity contribution in [1.29, 1.82) is 0 Å². The fraction of sp³-hybridized carbons (Fsp3) is 0.167. The first kappa shape index (κ1) is 14.1. The number of allylic oxidation sites excluding steroid dienone is 1. The molecular formula is C18H19NO. The quantitative estimate of drug-likeness (QED) is 0.771. The summed E-state index contributed by atoms with van der Waals surface area (Å²) in [6, 6.07) is 19.9. The van der Waals surface area contributed by atoms with Crippen LogP contribution >= 0.6 is 0 Å². The van der Waals surface area contributed by atoms with Crippen molar-refractivity contribution in [3.8, 4) is 0 Å². The predicted molar refractivity (Wildman–Crippen MR) is 83.0 cm³/mol. The Morgan fingerprint density at radius 3 is 2.15 bits per heavy atom. The van der Waals surface area contributed by atoms with Gasteiger partial charge in [-0.2, -0.15) is 0 Å². The predicted octanol–water partition coefficient (Wildman–Crippen LogP) is 3.75. The van der Waals surface area contributed by atoms with E-state index in [0.717, 1.165) is 16.7 Å². The monoisotopic (exact) mass is 265 g/mol. The van der Waals surface area contributed by atoms with Crippen molar-refractivity contribution < 1.29 is 4.79 Å². The number of rotatable bonds is 4. The highest BCUT2D eigenvalue weighted by molar-refractivity contribution is 5.94. The standard InChI is InChI=1S/C18H19NO/c1-15(17-11-7-4-8-12-17)13-18(20)19(2)14-16-9-5-3-6-10-16/h3-13H,14H2,1-2H3/b15-13+. The van der Waals surface area contributed by atoms with Gasteiger partial charge in [-0.15, -0.1) is 0 Å². The summed E-state index contributed by atoms with van der Waals surface area (Å²) in [6.45, 7) is 2.59. The van der Waals surface area contributed by atoms with Gasteiger partial charge < -0.3 is 4.90 Å². The molecule has 0 aromatic heterocycles. The normalized spacial score (nSPS) is 11.2. The van der Waals surface area contributed by atoms with Crippen molar-refractivity contribution in [2.75, 3.05) is 7.05 Å². The molecule has 1 amide bonds. The van der Waals surface area contributed by atoms with Crippen molar-refractivity contribution in [3.63, 3.8) is 0 Å². The van der Waals surface area contributed by atoms with Crippen LogP contribution in [0.4, 0.5) is 0 Å². The third-order valence-electron chi connectivity index (χ3n) is 3.21. The highest BCUT2D eigenvalue weighted by Crippen LogP contribution is 2.13. The minimum Gasteiger partial charge on any atom is -0.338 e. The lowest BCUT2D eigenvalue weighted by atomic mass is 10.1. The Labute approximate surface area is 120 Å². The van der Waals surface area contributed by atoms with Gasteiger partial charge >= 0.3 is 0 Å². The molecule has 0 spiro atoms. The molecule has 0 saturated carbocycles. The molecule has 0 fully saturated rings. The van der Waals surface area contributed by atoms with Crippen LogP contribution in [0.1, 0.15) is 18.1 Å². The van der Waals surface area contributed by atoms with Crippen LogP contribution in [-0.4, -0.2) is 17.9 Å². The van der Waals surface area contributed by atoms with Gasteiger partial charge in [0, 0.05) is 19.7 Å².